The van der Waals surface area contributed by atoms with Crippen LogP contribution in [0, 0.1) is 5.41 Å². The van der Waals surface area contributed by atoms with Crippen LogP contribution in [0.3, 0.4) is 0 Å². The van der Waals surface area contributed by atoms with Gasteiger partial charge in [-0.2, -0.15) is 0 Å². The van der Waals surface area contributed by atoms with Crippen molar-refractivity contribution < 1.29 is 9.59 Å². The lowest BCUT2D eigenvalue weighted by molar-refractivity contribution is -0.114. The molecule has 0 heterocycles. The van der Waals surface area contributed by atoms with Gasteiger partial charge in [0.2, 0.25) is 0 Å². The smallest absolute Gasteiger partial charge is 0.159 e. The molecule has 0 aromatic rings. The van der Waals surface area contributed by atoms with E-state index in [-0.39, 0.29) is 17.0 Å². The lowest BCUT2D eigenvalue weighted by atomic mass is 9.65. The van der Waals surface area contributed by atoms with Gasteiger partial charge in [0.25, 0.3) is 0 Å². The summed E-state index contributed by atoms with van der Waals surface area (Å²) < 4.78 is 0. The summed E-state index contributed by atoms with van der Waals surface area (Å²) in [6.07, 6.45) is 27.0. The average molecular weight is 353 g/mol. The van der Waals surface area contributed by atoms with Crippen molar-refractivity contribution in [3.8, 4) is 0 Å². The van der Waals surface area contributed by atoms with Crippen LogP contribution in [0.4, 0.5) is 0 Å². The fraction of sp³-hybridized carbons (Fsp3) is 0.583. The minimum Gasteiger partial charge on any atom is -0.295 e. The van der Waals surface area contributed by atoms with Crippen LogP contribution in [-0.4, -0.2) is 11.6 Å². The van der Waals surface area contributed by atoms with E-state index in [1.54, 1.807) is 12.2 Å². The zero-order chi connectivity index (χ0) is 18.2. The summed E-state index contributed by atoms with van der Waals surface area (Å²) in [5, 5.41) is 0. The summed E-state index contributed by atoms with van der Waals surface area (Å²) in [7, 11) is 0. The van der Waals surface area contributed by atoms with Crippen LogP contribution >= 0.6 is 0 Å². The summed E-state index contributed by atoms with van der Waals surface area (Å²) in [5.74, 6) is 0.390. The normalized spacial score (nSPS) is 25.1. The minimum atomic E-state index is -0.0202. The molecule has 0 saturated heterocycles. The third kappa shape index (κ3) is 4.72. The molecule has 26 heavy (non-hydrogen) atoms. The lowest BCUT2D eigenvalue weighted by Gasteiger charge is -2.39. The quantitative estimate of drug-likeness (QED) is 0.594. The predicted octanol–water partition coefficient (Wildman–Crippen LogP) is 6.19. The topological polar surface area (TPSA) is 34.1 Å². The monoisotopic (exact) mass is 352 g/mol. The van der Waals surface area contributed by atoms with Crippen LogP contribution < -0.4 is 0 Å². The highest BCUT2D eigenvalue weighted by molar-refractivity contribution is 5.94. The second-order valence-corrected chi connectivity index (χ2v) is 8.09. The van der Waals surface area contributed by atoms with Gasteiger partial charge in [-0.1, -0.05) is 82.1 Å². The third-order valence-electron chi connectivity index (χ3n) is 6.26. The van der Waals surface area contributed by atoms with Gasteiger partial charge in [-0.3, -0.25) is 9.59 Å². The minimum absolute atomic E-state index is 0.0202. The van der Waals surface area contributed by atoms with Crippen molar-refractivity contribution in [2.45, 2.75) is 83.5 Å². The van der Waals surface area contributed by atoms with Gasteiger partial charge in [0.1, 0.15) is 0 Å². The first kappa shape index (κ1) is 19.1. The van der Waals surface area contributed by atoms with Gasteiger partial charge in [0, 0.05) is 18.3 Å². The Balaban J connectivity index is 1.91. The number of hydrogen-bond donors (Lipinski definition) is 0. The second-order valence-electron chi connectivity index (χ2n) is 8.09. The summed E-state index contributed by atoms with van der Waals surface area (Å²) in [5.41, 5.74) is 2.59. The van der Waals surface area contributed by atoms with Crippen molar-refractivity contribution in [3.63, 3.8) is 0 Å². The number of carbonyl (C=O) groups excluding carboxylic acids is 2. The predicted molar refractivity (Wildman–Crippen MR) is 107 cm³/mol. The third-order valence-corrected chi connectivity index (χ3v) is 6.26. The molecule has 3 aliphatic rings. The molecule has 0 aliphatic heterocycles. The van der Waals surface area contributed by atoms with Gasteiger partial charge >= 0.3 is 0 Å². The van der Waals surface area contributed by atoms with E-state index in [2.05, 4.69) is 24.3 Å². The number of ketones is 2. The highest BCUT2D eigenvalue weighted by Crippen LogP contribution is 2.48. The Morgan fingerprint density at radius 1 is 0.538 bits per heavy atom. The maximum Gasteiger partial charge on any atom is 0.159 e. The fourth-order valence-electron chi connectivity index (χ4n) is 4.73. The Labute approximate surface area is 158 Å². The molecule has 0 bridgehead atoms. The maximum atomic E-state index is 11.7. The van der Waals surface area contributed by atoms with Gasteiger partial charge in [-0.05, 0) is 36.1 Å². The summed E-state index contributed by atoms with van der Waals surface area (Å²) in [6, 6.07) is 0. The number of hydrogen-bond acceptors (Lipinski definition) is 2. The summed E-state index contributed by atoms with van der Waals surface area (Å²) in [6.45, 7) is 0. The van der Waals surface area contributed by atoms with Crippen LogP contribution in [0.5, 0.6) is 0 Å². The Kier molecular flexibility index (Phi) is 6.82. The highest BCUT2D eigenvalue weighted by Gasteiger charge is 2.36. The number of carbonyl (C=O) groups is 2. The molecule has 0 unspecified atom stereocenters. The van der Waals surface area contributed by atoms with Gasteiger partial charge in [0.05, 0.1) is 0 Å². The first-order chi connectivity index (χ1) is 12.7. The molecule has 2 nitrogen and oxygen atoms in total. The molecule has 1 fully saturated rings. The molecule has 3 aliphatic carbocycles. The van der Waals surface area contributed by atoms with E-state index in [0.717, 1.165) is 12.8 Å². The molecule has 0 N–H and O–H groups in total. The van der Waals surface area contributed by atoms with E-state index < -0.39 is 0 Å². The van der Waals surface area contributed by atoms with Crippen molar-refractivity contribution in [1.82, 2.24) is 0 Å². The lowest BCUT2D eigenvalue weighted by Crippen LogP contribution is -2.28. The van der Waals surface area contributed by atoms with Crippen LogP contribution in [-0.2, 0) is 9.59 Å². The number of allylic oxidation sites excluding steroid dienone is 8. The second kappa shape index (κ2) is 9.30. The van der Waals surface area contributed by atoms with E-state index in [4.69, 9.17) is 0 Å². The molecule has 3 rings (SSSR count). The van der Waals surface area contributed by atoms with Crippen molar-refractivity contribution in [1.29, 1.82) is 0 Å². The van der Waals surface area contributed by atoms with Gasteiger partial charge < -0.3 is 0 Å². The van der Waals surface area contributed by atoms with Crippen molar-refractivity contribution in [3.05, 3.63) is 47.6 Å². The molecule has 0 aromatic carbocycles. The van der Waals surface area contributed by atoms with Gasteiger partial charge in [0.15, 0.2) is 11.6 Å². The molecule has 1 saturated carbocycles. The summed E-state index contributed by atoms with van der Waals surface area (Å²) in [4.78, 5) is 23.4. The fourth-order valence-corrected chi connectivity index (χ4v) is 4.73. The average Bonchev–Trinajstić information content (AvgIpc) is 2.64. The molecular formula is C24H32O2. The van der Waals surface area contributed by atoms with Crippen LogP contribution in [0.25, 0.3) is 0 Å². The zero-order valence-corrected chi connectivity index (χ0v) is 16.0. The Bertz CT molecular complexity index is 589. The zero-order valence-electron chi connectivity index (χ0n) is 16.0. The first-order valence-corrected chi connectivity index (χ1v) is 10.5. The van der Waals surface area contributed by atoms with Crippen molar-refractivity contribution in [2.24, 2.45) is 5.41 Å². The van der Waals surface area contributed by atoms with Crippen LogP contribution in [0.1, 0.15) is 83.5 Å². The molecular weight excluding hydrogens is 320 g/mol. The van der Waals surface area contributed by atoms with E-state index in [1.165, 1.54) is 68.9 Å². The Morgan fingerprint density at radius 2 is 0.923 bits per heavy atom. The largest absolute Gasteiger partial charge is 0.295 e. The molecule has 2 heteroatoms. The maximum absolute atomic E-state index is 11.7. The van der Waals surface area contributed by atoms with E-state index in [1.807, 2.05) is 0 Å². The van der Waals surface area contributed by atoms with E-state index >= 15 is 0 Å². The van der Waals surface area contributed by atoms with Crippen molar-refractivity contribution >= 4 is 11.6 Å². The van der Waals surface area contributed by atoms with E-state index in [0.29, 0.717) is 12.8 Å². The van der Waals surface area contributed by atoms with Crippen LogP contribution in [0.2, 0.25) is 0 Å². The molecule has 140 valence electrons. The Hall–Kier alpha value is -1.70. The number of rotatable bonds is 2. The molecule has 0 radical (unpaired) electrons. The molecule has 0 atom stereocenters. The SMILES string of the molecule is O=C1C=CC(C2(C3=CCC(=O)C=C3)CCCCCCCCCCC2)=CC1. The standard InChI is InChI=1S/C24H32O2/c25-22-14-10-20(11-15-22)24(21-12-16-23(26)17-13-21)18-8-6-4-2-1-3-5-7-9-19-24/h10-14,16H,1-9,15,17-19H2. The molecule has 0 aromatic heterocycles. The molecule has 0 amide bonds. The molecule has 0 spiro atoms. The van der Waals surface area contributed by atoms with Crippen LogP contribution in [0.15, 0.2) is 47.6 Å². The van der Waals surface area contributed by atoms with Crippen molar-refractivity contribution in [2.75, 3.05) is 0 Å². The van der Waals surface area contributed by atoms with Gasteiger partial charge in [-0.25, -0.2) is 0 Å². The Morgan fingerprint density at radius 3 is 1.27 bits per heavy atom. The van der Waals surface area contributed by atoms with Gasteiger partial charge in [-0.15, -0.1) is 0 Å². The first-order valence-electron chi connectivity index (χ1n) is 10.5. The van der Waals surface area contributed by atoms with E-state index in [9.17, 15) is 9.59 Å². The summed E-state index contributed by atoms with van der Waals surface area (Å²) >= 11 is 0. The highest BCUT2D eigenvalue weighted by atomic mass is 16.1.